The number of hydrogen-bond donors (Lipinski definition) is 3. The van der Waals surface area contributed by atoms with Crippen molar-refractivity contribution >= 4 is 0 Å². The quantitative estimate of drug-likeness (QED) is 0.507. The number of aliphatic hydroxyl groups is 3. The van der Waals surface area contributed by atoms with Gasteiger partial charge in [-0.05, 0) is 0 Å². The van der Waals surface area contributed by atoms with Crippen molar-refractivity contribution in [1.82, 2.24) is 0 Å². The number of rotatable bonds is 2. The van der Waals surface area contributed by atoms with Gasteiger partial charge in [-0.2, -0.15) is 0 Å². The van der Waals surface area contributed by atoms with Crippen LogP contribution in [0.4, 0.5) is 0 Å². The molecule has 0 spiro atoms. The van der Waals surface area contributed by atoms with E-state index in [0.717, 1.165) is 0 Å². The van der Waals surface area contributed by atoms with Crippen LogP contribution in [-0.2, 0) is 9.47 Å². The van der Waals surface area contributed by atoms with Crippen LogP contribution >= 0.6 is 0 Å². The van der Waals surface area contributed by atoms with Crippen LogP contribution in [0.5, 0.6) is 0 Å². The van der Waals surface area contributed by atoms with Gasteiger partial charge in [0, 0.05) is 13.0 Å². The van der Waals surface area contributed by atoms with Gasteiger partial charge >= 0.3 is 0 Å². The SMILES string of the molecule is COC1OC(CO)[C@@H](O)[C@H](O)C1C. The van der Waals surface area contributed by atoms with Crippen molar-refractivity contribution in [2.24, 2.45) is 5.92 Å². The lowest BCUT2D eigenvalue weighted by Gasteiger charge is -2.40. The molecular weight excluding hydrogens is 176 g/mol. The van der Waals surface area contributed by atoms with E-state index in [4.69, 9.17) is 14.6 Å². The minimum absolute atomic E-state index is 0.303. The highest BCUT2D eigenvalue weighted by molar-refractivity contribution is 4.86. The number of ether oxygens (including phenoxy) is 2. The topological polar surface area (TPSA) is 79.2 Å². The third-order valence-corrected chi connectivity index (χ3v) is 2.42. The first kappa shape index (κ1) is 10.9. The van der Waals surface area contributed by atoms with E-state index in [1.54, 1.807) is 6.92 Å². The molecule has 0 aromatic carbocycles. The molecular formula is C8H16O5. The first-order valence-electron chi connectivity index (χ1n) is 4.27. The van der Waals surface area contributed by atoms with E-state index in [1.165, 1.54) is 7.11 Å². The standard InChI is InChI=1S/C8H16O5/c1-4-6(10)7(11)5(3-9)13-8(4)12-2/h4-11H,3H2,1-2H3/t4?,5?,6-,7-,8?/m1/s1. The maximum atomic E-state index is 9.53. The van der Waals surface area contributed by atoms with Crippen molar-refractivity contribution in [2.45, 2.75) is 31.5 Å². The molecule has 1 heterocycles. The summed E-state index contributed by atoms with van der Waals surface area (Å²) in [5.41, 5.74) is 0. The average molecular weight is 192 g/mol. The van der Waals surface area contributed by atoms with Crippen molar-refractivity contribution in [2.75, 3.05) is 13.7 Å². The largest absolute Gasteiger partial charge is 0.394 e. The lowest BCUT2D eigenvalue weighted by atomic mass is 9.93. The van der Waals surface area contributed by atoms with Gasteiger partial charge in [0.1, 0.15) is 12.2 Å². The maximum absolute atomic E-state index is 9.53. The summed E-state index contributed by atoms with van der Waals surface area (Å²) >= 11 is 0. The Balaban J connectivity index is 2.66. The molecule has 0 aromatic heterocycles. The van der Waals surface area contributed by atoms with E-state index in [9.17, 15) is 10.2 Å². The van der Waals surface area contributed by atoms with E-state index in [0.29, 0.717) is 0 Å². The molecule has 0 aromatic rings. The molecule has 78 valence electrons. The molecule has 3 N–H and O–H groups in total. The van der Waals surface area contributed by atoms with Crippen LogP contribution in [0.2, 0.25) is 0 Å². The van der Waals surface area contributed by atoms with Crippen molar-refractivity contribution in [3.63, 3.8) is 0 Å². The number of methoxy groups -OCH3 is 1. The van der Waals surface area contributed by atoms with Crippen LogP contribution in [0.1, 0.15) is 6.92 Å². The molecule has 5 heteroatoms. The average Bonchev–Trinajstić information content (AvgIpc) is 2.15. The molecule has 3 unspecified atom stereocenters. The molecule has 1 saturated heterocycles. The molecule has 5 nitrogen and oxygen atoms in total. The van der Waals surface area contributed by atoms with E-state index >= 15 is 0 Å². The maximum Gasteiger partial charge on any atom is 0.162 e. The summed E-state index contributed by atoms with van der Waals surface area (Å²) in [7, 11) is 1.46. The fraction of sp³-hybridized carbons (Fsp3) is 1.00. The molecule has 5 atom stereocenters. The minimum atomic E-state index is -1.05. The van der Waals surface area contributed by atoms with Gasteiger partial charge in [-0.25, -0.2) is 0 Å². The molecule has 0 aliphatic carbocycles. The normalized spacial score (nSPS) is 46.4. The Bertz CT molecular complexity index is 143. The Morgan fingerprint density at radius 3 is 2.38 bits per heavy atom. The van der Waals surface area contributed by atoms with E-state index in [2.05, 4.69) is 0 Å². The Morgan fingerprint density at radius 1 is 1.31 bits per heavy atom. The highest BCUT2D eigenvalue weighted by Crippen LogP contribution is 2.25. The van der Waals surface area contributed by atoms with Gasteiger partial charge in [0.05, 0.1) is 12.7 Å². The van der Waals surface area contributed by atoms with Crippen LogP contribution in [-0.4, -0.2) is 53.6 Å². The van der Waals surface area contributed by atoms with E-state index in [-0.39, 0.29) is 12.5 Å². The van der Waals surface area contributed by atoms with E-state index < -0.39 is 24.6 Å². The molecule has 0 amide bonds. The van der Waals surface area contributed by atoms with Gasteiger partial charge in [-0.15, -0.1) is 0 Å². The molecule has 1 aliphatic rings. The lowest BCUT2D eigenvalue weighted by molar-refractivity contribution is -0.274. The Labute approximate surface area is 76.9 Å². The molecule has 0 saturated carbocycles. The summed E-state index contributed by atoms with van der Waals surface area (Å²) in [6.07, 6.45) is -3.31. The summed E-state index contributed by atoms with van der Waals surface area (Å²) in [6.45, 7) is 1.39. The fourth-order valence-corrected chi connectivity index (χ4v) is 1.49. The monoisotopic (exact) mass is 192 g/mol. The summed E-state index contributed by atoms with van der Waals surface area (Å²) in [6, 6.07) is 0. The highest BCUT2D eigenvalue weighted by atomic mass is 16.7. The number of hydrogen-bond acceptors (Lipinski definition) is 5. The second kappa shape index (κ2) is 4.34. The van der Waals surface area contributed by atoms with Gasteiger partial charge in [0.25, 0.3) is 0 Å². The Morgan fingerprint density at radius 2 is 1.92 bits per heavy atom. The first-order valence-corrected chi connectivity index (χ1v) is 4.27. The predicted octanol–water partition coefficient (Wildman–Crippen LogP) is -1.29. The molecule has 1 aliphatic heterocycles. The van der Waals surface area contributed by atoms with Gasteiger partial charge in [-0.1, -0.05) is 6.92 Å². The number of aliphatic hydroxyl groups excluding tert-OH is 3. The van der Waals surface area contributed by atoms with Gasteiger partial charge in [0.15, 0.2) is 6.29 Å². The zero-order valence-corrected chi connectivity index (χ0v) is 7.75. The Kier molecular flexibility index (Phi) is 3.63. The summed E-state index contributed by atoms with van der Waals surface area (Å²) in [5.74, 6) is -0.303. The Hall–Kier alpha value is -0.200. The van der Waals surface area contributed by atoms with Crippen molar-refractivity contribution in [3.05, 3.63) is 0 Å². The zero-order valence-electron chi connectivity index (χ0n) is 7.75. The van der Waals surface area contributed by atoms with Crippen LogP contribution in [0.3, 0.4) is 0 Å². The van der Waals surface area contributed by atoms with E-state index in [1.807, 2.05) is 0 Å². The van der Waals surface area contributed by atoms with Gasteiger partial charge in [0.2, 0.25) is 0 Å². The van der Waals surface area contributed by atoms with Crippen LogP contribution in [0, 0.1) is 5.92 Å². The first-order chi connectivity index (χ1) is 6.11. The third-order valence-electron chi connectivity index (χ3n) is 2.42. The van der Waals surface area contributed by atoms with Crippen LogP contribution < -0.4 is 0 Å². The molecule has 1 rings (SSSR count). The fourth-order valence-electron chi connectivity index (χ4n) is 1.49. The summed E-state index contributed by atoms with van der Waals surface area (Å²) in [5, 5.41) is 27.8. The summed E-state index contributed by atoms with van der Waals surface area (Å²) in [4.78, 5) is 0. The minimum Gasteiger partial charge on any atom is -0.394 e. The van der Waals surface area contributed by atoms with Gasteiger partial charge in [-0.3, -0.25) is 0 Å². The highest BCUT2D eigenvalue weighted by Gasteiger charge is 2.41. The zero-order chi connectivity index (χ0) is 10.0. The lowest BCUT2D eigenvalue weighted by Crippen LogP contribution is -2.55. The molecule has 0 radical (unpaired) electrons. The van der Waals surface area contributed by atoms with Crippen molar-refractivity contribution in [3.8, 4) is 0 Å². The summed E-state index contributed by atoms with van der Waals surface area (Å²) < 4.78 is 10.1. The van der Waals surface area contributed by atoms with Gasteiger partial charge < -0.3 is 24.8 Å². The molecule has 13 heavy (non-hydrogen) atoms. The second-order valence-electron chi connectivity index (χ2n) is 3.30. The predicted molar refractivity (Wildman–Crippen MR) is 43.9 cm³/mol. The second-order valence-corrected chi connectivity index (χ2v) is 3.30. The van der Waals surface area contributed by atoms with Crippen molar-refractivity contribution < 1.29 is 24.8 Å². The molecule has 1 fully saturated rings. The third kappa shape index (κ3) is 2.00. The molecule has 0 bridgehead atoms. The van der Waals surface area contributed by atoms with Crippen LogP contribution in [0.25, 0.3) is 0 Å². The van der Waals surface area contributed by atoms with Crippen LogP contribution in [0.15, 0.2) is 0 Å². The smallest absolute Gasteiger partial charge is 0.162 e. The van der Waals surface area contributed by atoms with Crippen molar-refractivity contribution in [1.29, 1.82) is 0 Å².